The number of hydrogen-bond donors (Lipinski definition) is 0. The second-order valence-corrected chi connectivity index (χ2v) is 15.5. The largest absolute Gasteiger partial charge is 0.455 e. The van der Waals surface area contributed by atoms with Crippen LogP contribution in [-0.4, -0.2) is 15.0 Å². The predicted molar refractivity (Wildman–Crippen MR) is 246 cm³/mol. The van der Waals surface area contributed by atoms with Crippen LogP contribution in [0.3, 0.4) is 0 Å². The molecule has 13 rings (SSSR count). The van der Waals surface area contributed by atoms with Crippen molar-refractivity contribution in [3.05, 3.63) is 188 Å². The molecule has 0 aliphatic rings. The number of furan rings is 2. The van der Waals surface area contributed by atoms with Gasteiger partial charge in [0.05, 0.1) is 0 Å². The average Bonchev–Trinajstić information content (AvgIpc) is 3.91. The zero-order valence-corrected chi connectivity index (χ0v) is 32.1. The molecule has 0 spiro atoms. The number of rotatable bonds is 4. The van der Waals surface area contributed by atoms with Crippen LogP contribution >= 0.6 is 0 Å². The van der Waals surface area contributed by atoms with Crippen LogP contribution in [0.25, 0.3) is 132 Å². The molecule has 0 aliphatic heterocycles. The molecule has 0 fully saturated rings. The molecule has 5 heteroatoms. The van der Waals surface area contributed by atoms with Crippen LogP contribution in [0.15, 0.2) is 197 Å². The zero-order chi connectivity index (χ0) is 39.3. The molecule has 60 heavy (non-hydrogen) atoms. The lowest BCUT2D eigenvalue weighted by molar-refractivity contribution is 0.672. The van der Waals surface area contributed by atoms with Gasteiger partial charge in [-0.1, -0.05) is 158 Å². The summed E-state index contributed by atoms with van der Waals surface area (Å²) in [6, 6.07) is 65.7. The molecular weight excluding hydrogens is 735 g/mol. The normalized spacial score (nSPS) is 12.0. The van der Waals surface area contributed by atoms with Crippen LogP contribution < -0.4 is 0 Å². The maximum absolute atomic E-state index is 6.63. The second-order valence-electron chi connectivity index (χ2n) is 15.5. The number of aromatic nitrogens is 3. The number of nitrogens with zero attached hydrogens (tertiary/aromatic N) is 3. The zero-order valence-electron chi connectivity index (χ0n) is 32.1. The summed E-state index contributed by atoms with van der Waals surface area (Å²) >= 11 is 0. The fourth-order valence-corrected chi connectivity index (χ4v) is 9.31. The summed E-state index contributed by atoms with van der Waals surface area (Å²) in [6.07, 6.45) is 0. The average molecular weight is 766 g/mol. The van der Waals surface area contributed by atoms with Gasteiger partial charge in [0.1, 0.15) is 22.3 Å². The Morgan fingerprint density at radius 2 is 0.667 bits per heavy atom. The number of hydrogen-bond acceptors (Lipinski definition) is 5. The van der Waals surface area contributed by atoms with E-state index in [0.29, 0.717) is 17.5 Å². The van der Waals surface area contributed by atoms with Crippen molar-refractivity contribution in [1.29, 1.82) is 0 Å². The standard InChI is InChI=1S/C55H31N3O2/c1-4-16-37-34(13-1)29-44(41-20-8-7-19-40(37)41)32-25-27-33(28-26-32)53-56-54(45-30-35-14-2-5-17-38(35)51-49(45)42-21-9-11-23-47(42)59-51)58-55(57-53)46-31-36-15-3-6-18-39(36)52-50(46)43-22-10-12-24-48(43)60-52/h1-31H. The van der Waals surface area contributed by atoms with Crippen molar-refractivity contribution in [3.63, 3.8) is 0 Å². The predicted octanol–water partition coefficient (Wildman–Crippen LogP) is 15.0. The molecule has 3 heterocycles. The summed E-state index contributed by atoms with van der Waals surface area (Å²) < 4.78 is 13.3. The molecule has 0 unspecified atom stereocenters. The van der Waals surface area contributed by atoms with E-state index in [2.05, 4.69) is 164 Å². The van der Waals surface area contributed by atoms with Crippen LogP contribution in [0.1, 0.15) is 0 Å². The summed E-state index contributed by atoms with van der Waals surface area (Å²) in [5.74, 6) is 1.71. The first-order valence-corrected chi connectivity index (χ1v) is 20.2. The van der Waals surface area contributed by atoms with E-state index in [4.69, 9.17) is 23.8 Å². The molecule has 13 aromatic rings. The van der Waals surface area contributed by atoms with Gasteiger partial charge in [-0.2, -0.15) is 0 Å². The van der Waals surface area contributed by atoms with Gasteiger partial charge in [0.2, 0.25) is 0 Å². The van der Waals surface area contributed by atoms with E-state index in [-0.39, 0.29) is 0 Å². The van der Waals surface area contributed by atoms with Gasteiger partial charge in [0, 0.05) is 49.0 Å². The molecule has 0 bridgehead atoms. The van der Waals surface area contributed by atoms with E-state index in [1.165, 1.54) is 27.1 Å². The Morgan fingerprint density at radius 3 is 1.22 bits per heavy atom. The molecule has 0 saturated carbocycles. The molecule has 0 atom stereocenters. The minimum atomic E-state index is 0.566. The van der Waals surface area contributed by atoms with Crippen LogP contribution in [0.4, 0.5) is 0 Å². The quantitative estimate of drug-likeness (QED) is 0.167. The second kappa shape index (κ2) is 12.7. The summed E-state index contributed by atoms with van der Waals surface area (Å²) in [4.78, 5) is 16.1. The van der Waals surface area contributed by atoms with Crippen molar-refractivity contribution in [1.82, 2.24) is 15.0 Å². The highest BCUT2D eigenvalue weighted by Crippen LogP contribution is 2.44. The van der Waals surface area contributed by atoms with Crippen molar-refractivity contribution in [2.24, 2.45) is 0 Å². The fraction of sp³-hybridized carbons (Fsp3) is 0. The van der Waals surface area contributed by atoms with Gasteiger partial charge in [-0.05, 0) is 73.8 Å². The molecule has 0 saturated heterocycles. The minimum absolute atomic E-state index is 0.566. The first-order valence-electron chi connectivity index (χ1n) is 20.2. The molecule has 278 valence electrons. The number of para-hydroxylation sites is 2. The van der Waals surface area contributed by atoms with Crippen molar-refractivity contribution in [3.8, 4) is 45.3 Å². The van der Waals surface area contributed by atoms with Crippen molar-refractivity contribution >= 4 is 87.0 Å². The van der Waals surface area contributed by atoms with E-state index in [0.717, 1.165) is 87.7 Å². The molecule has 10 aromatic carbocycles. The highest BCUT2D eigenvalue weighted by atomic mass is 16.3. The lowest BCUT2D eigenvalue weighted by Gasteiger charge is -2.13. The Labute approximate surface area is 342 Å². The molecule has 0 amide bonds. The van der Waals surface area contributed by atoms with E-state index in [1.807, 2.05) is 24.3 Å². The minimum Gasteiger partial charge on any atom is -0.455 e. The summed E-state index contributed by atoms with van der Waals surface area (Å²) in [5.41, 5.74) is 8.22. The number of benzene rings is 10. The van der Waals surface area contributed by atoms with Gasteiger partial charge in [0.15, 0.2) is 17.5 Å². The first kappa shape index (κ1) is 32.9. The highest BCUT2D eigenvalue weighted by Gasteiger charge is 2.23. The van der Waals surface area contributed by atoms with Crippen molar-refractivity contribution < 1.29 is 8.83 Å². The van der Waals surface area contributed by atoms with Crippen LogP contribution in [-0.2, 0) is 0 Å². The SMILES string of the molecule is c1ccc2c(c1)cc(-c1ccc(-c3nc(-c4cc5ccccc5c5oc6ccccc6c45)nc(-c4cc5ccccc5c5oc6ccccc6c45)n3)cc1)c1ccccc12. The maximum Gasteiger partial charge on any atom is 0.164 e. The molecule has 0 N–H and O–H groups in total. The topological polar surface area (TPSA) is 65.0 Å². The van der Waals surface area contributed by atoms with Gasteiger partial charge in [-0.3, -0.25) is 0 Å². The Morgan fingerprint density at radius 1 is 0.283 bits per heavy atom. The lowest BCUT2D eigenvalue weighted by Crippen LogP contribution is -2.01. The van der Waals surface area contributed by atoms with E-state index < -0.39 is 0 Å². The molecule has 0 aliphatic carbocycles. The maximum atomic E-state index is 6.63. The Bertz CT molecular complexity index is 3730. The van der Waals surface area contributed by atoms with Gasteiger partial charge >= 0.3 is 0 Å². The van der Waals surface area contributed by atoms with E-state index in [9.17, 15) is 0 Å². The Kier molecular flexibility index (Phi) is 6.95. The van der Waals surface area contributed by atoms with E-state index >= 15 is 0 Å². The van der Waals surface area contributed by atoms with Gasteiger partial charge in [-0.15, -0.1) is 0 Å². The molecule has 3 aromatic heterocycles. The van der Waals surface area contributed by atoms with Crippen LogP contribution in [0, 0.1) is 0 Å². The van der Waals surface area contributed by atoms with Crippen molar-refractivity contribution in [2.45, 2.75) is 0 Å². The third-order valence-corrected chi connectivity index (χ3v) is 12.1. The number of fused-ring (bicyclic) bond motifs is 13. The van der Waals surface area contributed by atoms with Crippen molar-refractivity contribution in [2.75, 3.05) is 0 Å². The Hall–Kier alpha value is -8.15. The van der Waals surface area contributed by atoms with Crippen LogP contribution in [0.2, 0.25) is 0 Å². The third-order valence-electron chi connectivity index (χ3n) is 12.1. The van der Waals surface area contributed by atoms with Gasteiger partial charge < -0.3 is 8.83 Å². The Balaban J connectivity index is 1.09. The summed E-state index contributed by atoms with van der Waals surface area (Å²) in [6.45, 7) is 0. The van der Waals surface area contributed by atoms with Gasteiger partial charge in [0.25, 0.3) is 0 Å². The fourth-order valence-electron chi connectivity index (χ4n) is 9.31. The third kappa shape index (κ3) is 4.90. The van der Waals surface area contributed by atoms with E-state index in [1.54, 1.807) is 0 Å². The van der Waals surface area contributed by atoms with Gasteiger partial charge in [-0.25, -0.2) is 15.0 Å². The lowest BCUT2D eigenvalue weighted by atomic mass is 9.93. The summed E-state index contributed by atoms with van der Waals surface area (Å²) in [7, 11) is 0. The van der Waals surface area contributed by atoms with Crippen LogP contribution in [0.5, 0.6) is 0 Å². The molecule has 0 radical (unpaired) electrons. The summed E-state index contributed by atoms with van der Waals surface area (Å²) in [5, 5.41) is 13.1. The molecule has 5 nitrogen and oxygen atoms in total. The first-order chi connectivity index (χ1) is 29.7. The molecular formula is C55H31N3O2. The highest BCUT2D eigenvalue weighted by molar-refractivity contribution is 6.22. The smallest absolute Gasteiger partial charge is 0.164 e. The monoisotopic (exact) mass is 765 g/mol.